The van der Waals surface area contributed by atoms with Crippen molar-refractivity contribution in [1.29, 1.82) is 0 Å². The number of nitrogens with one attached hydrogen (secondary N) is 1. The molecule has 0 spiro atoms. The van der Waals surface area contributed by atoms with Gasteiger partial charge in [0.15, 0.2) is 0 Å². The molecule has 2 N–H and O–H groups in total. The predicted molar refractivity (Wildman–Crippen MR) is 75.5 cm³/mol. The normalized spacial score (nSPS) is 11.1. The molecular formula is C13H14ClN3O3. The molecule has 0 saturated carbocycles. The summed E-state index contributed by atoms with van der Waals surface area (Å²) in [5, 5.41) is 12.0. The van der Waals surface area contributed by atoms with Crippen molar-refractivity contribution in [1.82, 2.24) is 14.9 Å². The Kier molecular flexibility index (Phi) is 3.67. The molecule has 106 valence electrons. The third-order valence-corrected chi connectivity index (χ3v) is 3.27. The fourth-order valence-corrected chi connectivity index (χ4v) is 2.34. The number of imidazole rings is 1. The van der Waals surface area contributed by atoms with Crippen molar-refractivity contribution < 1.29 is 14.7 Å². The van der Waals surface area contributed by atoms with Gasteiger partial charge in [0.05, 0.1) is 21.6 Å². The summed E-state index contributed by atoms with van der Waals surface area (Å²) in [5.41, 5.74) is 1.29. The molecule has 1 heterocycles. The van der Waals surface area contributed by atoms with Crippen molar-refractivity contribution >= 4 is 34.5 Å². The van der Waals surface area contributed by atoms with Gasteiger partial charge in [0.25, 0.3) is 5.91 Å². The number of hydrogen-bond donors (Lipinski definition) is 2. The highest BCUT2D eigenvalue weighted by atomic mass is 35.5. The first-order valence-electron chi connectivity index (χ1n) is 6.03. The minimum absolute atomic E-state index is 0.0693. The van der Waals surface area contributed by atoms with Crippen LogP contribution < -0.4 is 5.32 Å². The lowest BCUT2D eigenvalue weighted by atomic mass is 10.2. The monoisotopic (exact) mass is 295 g/mol. The van der Waals surface area contributed by atoms with E-state index in [0.717, 1.165) is 0 Å². The Hall–Kier alpha value is -2.08. The lowest BCUT2D eigenvalue weighted by Crippen LogP contribution is -2.18. The minimum Gasteiger partial charge on any atom is -0.475 e. The summed E-state index contributed by atoms with van der Waals surface area (Å²) in [5.74, 6) is -1.53. The highest BCUT2D eigenvalue weighted by molar-refractivity contribution is 6.34. The summed E-state index contributed by atoms with van der Waals surface area (Å²) in [6.07, 6.45) is 0. The number of hydrogen-bond acceptors (Lipinski definition) is 3. The number of carboxylic acid groups (broad SMARTS) is 1. The maximum atomic E-state index is 11.7. The van der Waals surface area contributed by atoms with Crippen LogP contribution in [0.1, 0.15) is 40.9 Å². The number of rotatable bonds is 3. The molecule has 0 unspecified atom stereocenters. The molecule has 0 radical (unpaired) electrons. The molecule has 1 aromatic heterocycles. The molecule has 2 aromatic rings. The highest BCUT2D eigenvalue weighted by Crippen LogP contribution is 2.27. The Labute approximate surface area is 120 Å². The van der Waals surface area contributed by atoms with Crippen LogP contribution in [0.2, 0.25) is 5.02 Å². The van der Waals surface area contributed by atoms with Gasteiger partial charge in [0.1, 0.15) is 0 Å². The Morgan fingerprint density at radius 2 is 2.05 bits per heavy atom. The second-order valence-electron chi connectivity index (χ2n) is 4.60. The Morgan fingerprint density at radius 1 is 1.40 bits per heavy atom. The van der Waals surface area contributed by atoms with E-state index in [9.17, 15) is 14.7 Å². The van der Waals surface area contributed by atoms with Gasteiger partial charge >= 0.3 is 5.97 Å². The standard InChI is InChI=1S/C13H14ClN3O3/c1-6(2)17-10-5-8(14)7(12(18)15-3)4-9(10)16-11(17)13(19)20/h4-6H,1-3H3,(H,15,18)(H,19,20). The smallest absolute Gasteiger partial charge is 0.372 e. The van der Waals surface area contributed by atoms with E-state index in [4.69, 9.17) is 11.6 Å². The summed E-state index contributed by atoms with van der Waals surface area (Å²) >= 11 is 6.09. The second-order valence-corrected chi connectivity index (χ2v) is 5.01. The van der Waals surface area contributed by atoms with Crippen molar-refractivity contribution in [2.75, 3.05) is 7.05 Å². The molecule has 6 nitrogen and oxygen atoms in total. The summed E-state index contributed by atoms with van der Waals surface area (Å²) in [7, 11) is 1.50. The van der Waals surface area contributed by atoms with Crippen LogP contribution >= 0.6 is 11.6 Å². The molecule has 0 aliphatic rings. The fourth-order valence-electron chi connectivity index (χ4n) is 2.10. The minimum atomic E-state index is -1.12. The topological polar surface area (TPSA) is 84.2 Å². The number of halogens is 1. The lowest BCUT2D eigenvalue weighted by Gasteiger charge is -2.11. The van der Waals surface area contributed by atoms with Gasteiger partial charge in [0, 0.05) is 13.1 Å². The van der Waals surface area contributed by atoms with Gasteiger partial charge in [-0.2, -0.15) is 0 Å². The number of carbonyl (C=O) groups excluding carboxylic acids is 1. The van der Waals surface area contributed by atoms with Crippen molar-refractivity contribution in [3.05, 3.63) is 28.5 Å². The highest BCUT2D eigenvalue weighted by Gasteiger charge is 2.21. The van der Waals surface area contributed by atoms with Crippen LogP contribution in [-0.2, 0) is 0 Å². The summed E-state index contributed by atoms with van der Waals surface area (Å²) < 4.78 is 1.58. The van der Waals surface area contributed by atoms with Crippen molar-refractivity contribution in [3.8, 4) is 0 Å². The van der Waals surface area contributed by atoms with Crippen LogP contribution in [0.4, 0.5) is 0 Å². The lowest BCUT2D eigenvalue weighted by molar-refractivity contribution is 0.0677. The molecule has 1 aromatic carbocycles. The number of fused-ring (bicyclic) bond motifs is 1. The first-order valence-corrected chi connectivity index (χ1v) is 6.41. The fraction of sp³-hybridized carbons (Fsp3) is 0.308. The molecule has 0 atom stereocenters. The Balaban J connectivity index is 2.79. The van der Waals surface area contributed by atoms with Crippen LogP contribution in [0.3, 0.4) is 0 Å². The average Bonchev–Trinajstić information content (AvgIpc) is 2.75. The van der Waals surface area contributed by atoms with Crippen molar-refractivity contribution in [2.45, 2.75) is 19.9 Å². The zero-order chi connectivity index (χ0) is 15.0. The van der Waals surface area contributed by atoms with Crippen LogP contribution in [0.15, 0.2) is 12.1 Å². The van der Waals surface area contributed by atoms with E-state index in [1.165, 1.54) is 13.1 Å². The summed E-state index contributed by atoms with van der Waals surface area (Å²) in [6, 6.07) is 2.98. The third kappa shape index (κ3) is 2.22. The molecular weight excluding hydrogens is 282 g/mol. The molecule has 0 aliphatic heterocycles. The van der Waals surface area contributed by atoms with E-state index >= 15 is 0 Å². The van der Waals surface area contributed by atoms with Crippen LogP contribution in [-0.4, -0.2) is 33.6 Å². The number of carboxylic acids is 1. The number of aromatic carboxylic acids is 1. The molecule has 20 heavy (non-hydrogen) atoms. The van der Waals surface area contributed by atoms with E-state index in [1.807, 2.05) is 13.8 Å². The number of carbonyl (C=O) groups is 2. The number of nitrogens with zero attached hydrogens (tertiary/aromatic N) is 2. The number of benzene rings is 1. The molecule has 0 aliphatic carbocycles. The van der Waals surface area contributed by atoms with E-state index in [0.29, 0.717) is 11.0 Å². The van der Waals surface area contributed by atoms with E-state index < -0.39 is 5.97 Å². The van der Waals surface area contributed by atoms with Crippen LogP contribution in [0.25, 0.3) is 11.0 Å². The zero-order valence-corrected chi connectivity index (χ0v) is 12.0. The van der Waals surface area contributed by atoms with Gasteiger partial charge in [-0.3, -0.25) is 4.79 Å². The number of aromatic nitrogens is 2. The second kappa shape index (κ2) is 5.13. The van der Waals surface area contributed by atoms with E-state index in [1.54, 1.807) is 10.6 Å². The SMILES string of the molecule is CNC(=O)c1cc2nc(C(=O)O)n(C(C)C)c2cc1Cl. The third-order valence-electron chi connectivity index (χ3n) is 2.96. The molecule has 1 amide bonds. The van der Waals surface area contributed by atoms with Crippen LogP contribution in [0.5, 0.6) is 0 Å². The van der Waals surface area contributed by atoms with Crippen LogP contribution in [0, 0.1) is 0 Å². The maximum Gasteiger partial charge on any atom is 0.372 e. The quantitative estimate of drug-likeness (QED) is 0.910. The van der Waals surface area contributed by atoms with Gasteiger partial charge in [-0.1, -0.05) is 11.6 Å². The number of amides is 1. The van der Waals surface area contributed by atoms with Gasteiger partial charge in [-0.15, -0.1) is 0 Å². The first-order chi connectivity index (χ1) is 9.36. The predicted octanol–water partition coefficient (Wildman–Crippen LogP) is 2.33. The Morgan fingerprint density at radius 3 is 2.55 bits per heavy atom. The summed E-state index contributed by atoms with van der Waals surface area (Å²) in [6.45, 7) is 3.71. The first kappa shape index (κ1) is 14.3. The van der Waals surface area contributed by atoms with Crippen molar-refractivity contribution in [2.24, 2.45) is 0 Å². The van der Waals surface area contributed by atoms with Gasteiger partial charge in [0.2, 0.25) is 5.82 Å². The molecule has 0 saturated heterocycles. The Bertz CT molecular complexity index is 706. The van der Waals surface area contributed by atoms with E-state index in [-0.39, 0.29) is 28.4 Å². The zero-order valence-electron chi connectivity index (χ0n) is 11.3. The van der Waals surface area contributed by atoms with Gasteiger partial charge < -0.3 is 15.0 Å². The maximum absolute atomic E-state index is 11.7. The molecule has 0 fully saturated rings. The van der Waals surface area contributed by atoms with Gasteiger partial charge in [-0.05, 0) is 26.0 Å². The van der Waals surface area contributed by atoms with E-state index in [2.05, 4.69) is 10.3 Å². The molecule has 0 bridgehead atoms. The molecule has 2 rings (SSSR count). The summed E-state index contributed by atoms with van der Waals surface area (Å²) in [4.78, 5) is 27.0. The largest absolute Gasteiger partial charge is 0.475 e. The van der Waals surface area contributed by atoms with Crippen molar-refractivity contribution in [3.63, 3.8) is 0 Å². The molecule has 7 heteroatoms. The average molecular weight is 296 g/mol. The van der Waals surface area contributed by atoms with Gasteiger partial charge in [-0.25, -0.2) is 9.78 Å².